The van der Waals surface area contributed by atoms with Crippen molar-refractivity contribution in [2.45, 2.75) is 18.4 Å². The van der Waals surface area contributed by atoms with Crippen molar-refractivity contribution >= 4 is 15.9 Å². The molecule has 0 amide bonds. The maximum absolute atomic E-state index is 5.71. The fraction of sp³-hybridized carbons (Fsp3) is 0.375. The molecule has 58 valence electrons. The molecule has 0 spiro atoms. The summed E-state index contributed by atoms with van der Waals surface area (Å²) in [5, 5.41) is 0. The highest BCUT2D eigenvalue weighted by Crippen LogP contribution is 2.39. The van der Waals surface area contributed by atoms with Crippen molar-refractivity contribution in [3.8, 4) is 0 Å². The normalized spacial score (nSPS) is 28.5. The van der Waals surface area contributed by atoms with Crippen LogP contribution < -0.4 is 5.73 Å². The van der Waals surface area contributed by atoms with E-state index >= 15 is 0 Å². The van der Waals surface area contributed by atoms with Gasteiger partial charge in [0.2, 0.25) is 0 Å². The minimum atomic E-state index is 0.367. The molecule has 0 aliphatic heterocycles. The smallest absolute Gasteiger partial charge is 0.0410 e. The van der Waals surface area contributed by atoms with Crippen LogP contribution in [0.25, 0.3) is 0 Å². The Morgan fingerprint density at radius 2 is 2.27 bits per heavy atom. The molecule has 1 heterocycles. The number of halogens is 1. The molecule has 1 aliphatic carbocycles. The van der Waals surface area contributed by atoms with Gasteiger partial charge in [0, 0.05) is 28.8 Å². The molecule has 2 nitrogen and oxygen atoms in total. The number of hydrogen-bond acceptors (Lipinski definition) is 2. The zero-order chi connectivity index (χ0) is 7.84. The lowest BCUT2D eigenvalue weighted by atomic mass is 10.2. The molecule has 1 aromatic heterocycles. The van der Waals surface area contributed by atoms with E-state index < -0.39 is 0 Å². The number of rotatable bonds is 1. The molecule has 1 aliphatic rings. The van der Waals surface area contributed by atoms with Crippen LogP contribution in [0, 0.1) is 0 Å². The summed E-state index contributed by atoms with van der Waals surface area (Å²) in [6.45, 7) is 0. The first kappa shape index (κ1) is 7.25. The Morgan fingerprint density at radius 3 is 2.82 bits per heavy atom. The van der Waals surface area contributed by atoms with Gasteiger partial charge < -0.3 is 5.73 Å². The number of nitrogens with two attached hydrogens (primary N) is 1. The zero-order valence-corrected chi connectivity index (χ0v) is 7.58. The maximum atomic E-state index is 5.71. The Morgan fingerprint density at radius 1 is 1.55 bits per heavy atom. The van der Waals surface area contributed by atoms with Gasteiger partial charge >= 0.3 is 0 Å². The van der Waals surface area contributed by atoms with E-state index in [0.29, 0.717) is 12.0 Å². The van der Waals surface area contributed by atoms with Crippen molar-refractivity contribution in [2.24, 2.45) is 5.73 Å². The predicted molar refractivity (Wildman–Crippen MR) is 47.3 cm³/mol. The van der Waals surface area contributed by atoms with E-state index in [1.165, 1.54) is 5.56 Å². The van der Waals surface area contributed by atoms with Crippen molar-refractivity contribution in [3.05, 3.63) is 28.5 Å². The largest absolute Gasteiger partial charge is 0.327 e. The summed E-state index contributed by atoms with van der Waals surface area (Å²) in [5.74, 6) is 0.556. The third kappa shape index (κ3) is 1.44. The first-order valence-electron chi connectivity index (χ1n) is 3.63. The summed E-state index contributed by atoms with van der Waals surface area (Å²) in [7, 11) is 0. The highest BCUT2D eigenvalue weighted by molar-refractivity contribution is 9.10. The van der Waals surface area contributed by atoms with Gasteiger partial charge in [0.1, 0.15) is 0 Å². The quantitative estimate of drug-likeness (QED) is 0.770. The van der Waals surface area contributed by atoms with Crippen LogP contribution in [-0.4, -0.2) is 11.0 Å². The minimum Gasteiger partial charge on any atom is -0.327 e. The predicted octanol–water partition coefficient (Wildman–Crippen LogP) is 1.66. The van der Waals surface area contributed by atoms with Crippen LogP contribution in [0.1, 0.15) is 17.9 Å². The van der Waals surface area contributed by atoms with E-state index in [1.54, 1.807) is 6.20 Å². The fourth-order valence-corrected chi connectivity index (χ4v) is 1.61. The van der Waals surface area contributed by atoms with E-state index in [1.807, 2.05) is 6.20 Å². The number of aromatic nitrogens is 1. The molecule has 2 rings (SSSR count). The second kappa shape index (κ2) is 2.57. The molecule has 0 radical (unpaired) electrons. The molecule has 0 aromatic carbocycles. The van der Waals surface area contributed by atoms with E-state index in [9.17, 15) is 0 Å². The van der Waals surface area contributed by atoms with Crippen LogP contribution in [0.2, 0.25) is 0 Å². The second-order valence-corrected chi connectivity index (χ2v) is 3.86. The van der Waals surface area contributed by atoms with Crippen molar-refractivity contribution in [2.75, 3.05) is 0 Å². The first-order chi connectivity index (χ1) is 5.27. The average Bonchev–Trinajstić information content (AvgIpc) is 2.67. The summed E-state index contributed by atoms with van der Waals surface area (Å²) in [6, 6.07) is 2.45. The second-order valence-electron chi connectivity index (χ2n) is 2.94. The van der Waals surface area contributed by atoms with Gasteiger partial charge in [0.15, 0.2) is 0 Å². The lowest BCUT2D eigenvalue weighted by Gasteiger charge is -1.96. The highest BCUT2D eigenvalue weighted by Gasteiger charge is 2.34. The molecule has 11 heavy (non-hydrogen) atoms. The Kier molecular flexibility index (Phi) is 1.69. The summed E-state index contributed by atoms with van der Waals surface area (Å²) < 4.78 is 1.04. The van der Waals surface area contributed by atoms with Gasteiger partial charge in [-0.1, -0.05) is 0 Å². The Balaban J connectivity index is 2.25. The van der Waals surface area contributed by atoms with Crippen molar-refractivity contribution in [1.29, 1.82) is 0 Å². The molecular formula is C8H9BrN2. The van der Waals surface area contributed by atoms with Crippen LogP contribution in [0.4, 0.5) is 0 Å². The average molecular weight is 213 g/mol. The van der Waals surface area contributed by atoms with Crippen molar-refractivity contribution in [3.63, 3.8) is 0 Å². The Bertz CT molecular complexity index is 275. The summed E-state index contributed by atoms with van der Waals surface area (Å²) in [4.78, 5) is 4.08. The van der Waals surface area contributed by atoms with Gasteiger partial charge in [-0.25, -0.2) is 0 Å². The fourth-order valence-electron chi connectivity index (χ4n) is 1.23. The monoisotopic (exact) mass is 212 g/mol. The molecule has 2 atom stereocenters. The summed E-state index contributed by atoms with van der Waals surface area (Å²) >= 11 is 3.37. The Hall–Kier alpha value is -0.410. The van der Waals surface area contributed by atoms with Crippen LogP contribution >= 0.6 is 15.9 Å². The molecule has 1 fully saturated rings. The lowest BCUT2D eigenvalue weighted by molar-refractivity contribution is 0.979. The minimum absolute atomic E-state index is 0.367. The zero-order valence-electron chi connectivity index (χ0n) is 6.00. The molecule has 1 saturated carbocycles. The topological polar surface area (TPSA) is 38.9 Å². The van der Waals surface area contributed by atoms with Crippen LogP contribution in [0.5, 0.6) is 0 Å². The first-order valence-corrected chi connectivity index (χ1v) is 4.42. The van der Waals surface area contributed by atoms with E-state index in [0.717, 1.165) is 10.9 Å². The lowest BCUT2D eigenvalue weighted by Crippen LogP contribution is -2.00. The third-order valence-electron chi connectivity index (χ3n) is 1.99. The molecule has 2 unspecified atom stereocenters. The van der Waals surface area contributed by atoms with Gasteiger partial charge in [-0.3, -0.25) is 4.98 Å². The standard InChI is InChI=1S/C8H9BrN2/c9-6-1-5(3-11-4-6)7-2-8(7)10/h1,3-4,7-8H,2,10H2. The molecule has 0 saturated heterocycles. The van der Waals surface area contributed by atoms with E-state index in [-0.39, 0.29) is 0 Å². The van der Waals surface area contributed by atoms with Gasteiger partial charge in [0.25, 0.3) is 0 Å². The molecular weight excluding hydrogens is 204 g/mol. The maximum Gasteiger partial charge on any atom is 0.0410 e. The van der Waals surface area contributed by atoms with Gasteiger partial charge in [-0.05, 0) is 34.0 Å². The van der Waals surface area contributed by atoms with Gasteiger partial charge in [0.05, 0.1) is 0 Å². The van der Waals surface area contributed by atoms with Crippen LogP contribution in [-0.2, 0) is 0 Å². The number of hydrogen-bond donors (Lipinski definition) is 1. The number of nitrogens with zero attached hydrogens (tertiary/aromatic N) is 1. The number of pyridine rings is 1. The highest BCUT2D eigenvalue weighted by atomic mass is 79.9. The van der Waals surface area contributed by atoms with Crippen LogP contribution in [0.3, 0.4) is 0 Å². The SMILES string of the molecule is NC1CC1c1cncc(Br)c1. The van der Waals surface area contributed by atoms with Crippen LogP contribution in [0.15, 0.2) is 22.9 Å². The van der Waals surface area contributed by atoms with Crippen molar-refractivity contribution < 1.29 is 0 Å². The van der Waals surface area contributed by atoms with E-state index in [2.05, 4.69) is 27.0 Å². The molecule has 1 aromatic rings. The molecule has 3 heteroatoms. The molecule has 2 N–H and O–H groups in total. The Labute approximate surface area is 73.9 Å². The third-order valence-corrected chi connectivity index (χ3v) is 2.43. The summed E-state index contributed by atoms with van der Waals surface area (Å²) in [6.07, 6.45) is 4.79. The molecule has 0 bridgehead atoms. The van der Waals surface area contributed by atoms with Gasteiger partial charge in [-0.2, -0.15) is 0 Å². The van der Waals surface area contributed by atoms with E-state index in [4.69, 9.17) is 5.73 Å². The summed E-state index contributed by atoms with van der Waals surface area (Å²) in [5.41, 5.74) is 6.96. The van der Waals surface area contributed by atoms with Gasteiger partial charge in [-0.15, -0.1) is 0 Å². The van der Waals surface area contributed by atoms with Crippen molar-refractivity contribution in [1.82, 2.24) is 4.98 Å².